The number of hydrogen-bond donors (Lipinski definition) is 0. The summed E-state index contributed by atoms with van der Waals surface area (Å²) in [6.07, 6.45) is 2.26. The van der Waals surface area contributed by atoms with Crippen LogP contribution in [0, 0.1) is 0 Å². The smallest absolute Gasteiger partial charge is 0.225 e. The Labute approximate surface area is 111 Å². The predicted octanol–water partition coefficient (Wildman–Crippen LogP) is 2.95. The van der Waals surface area contributed by atoms with Crippen LogP contribution in [-0.4, -0.2) is 28.0 Å². The lowest BCUT2D eigenvalue weighted by Gasteiger charge is -2.35. The first-order valence-corrected chi connectivity index (χ1v) is 6.36. The minimum Gasteiger partial charge on any atom is -0.381 e. The number of aromatic nitrogens is 3. The summed E-state index contributed by atoms with van der Waals surface area (Å²) in [5.74, 6) is 0.833. The van der Waals surface area contributed by atoms with E-state index < -0.39 is 0 Å². The Morgan fingerprint density at radius 2 is 1.94 bits per heavy atom. The predicted molar refractivity (Wildman–Crippen MR) is 69.5 cm³/mol. The second-order valence-electron chi connectivity index (χ2n) is 4.51. The first kappa shape index (κ1) is 11.7. The van der Waals surface area contributed by atoms with E-state index >= 15 is 0 Å². The van der Waals surface area contributed by atoms with Crippen molar-refractivity contribution in [3.63, 3.8) is 0 Å². The van der Waals surface area contributed by atoms with E-state index in [1.807, 2.05) is 34.9 Å². The molecule has 1 aromatic carbocycles. The molecule has 0 atom stereocenters. The lowest BCUT2D eigenvalue weighted by Crippen LogP contribution is -2.32. The van der Waals surface area contributed by atoms with Gasteiger partial charge in [0.1, 0.15) is 0 Å². The summed E-state index contributed by atoms with van der Waals surface area (Å²) in [5, 5.41) is 8.62. The number of hydrogen-bond acceptors (Lipinski definition) is 3. The van der Waals surface area contributed by atoms with E-state index in [-0.39, 0.29) is 0 Å². The first-order valence-electron chi connectivity index (χ1n) is 5.98. The fraction of sp³-hybridized carbons (Fsp3) is 0.385. The highest BCUT2D eigenvalue weighted by Gasteiger charge is 2.33. The summed E-state index contributed by atoms with van der Waals surface area (Å²) < 4.78 is 7.31. The van der Waals surface area contributed by atoms with Gasteiger partial charge in [0.05, 0.1) is 6.10 Å². The summed E-state index contributed by atoms with van der Waals surface area (Å²) >= 11 is 6.14. The highest BCUT2D eigenvalue weighted by molar-refractivity contribution is 6.28. The van der Waals surface area contributed by atoms with Gasteiger partial charge in [-0.25, -0.2) is 0 Å². The van der Waals surface area contributed by atoms with Gasteiger partial charge in [-0.2, -0.15) is 0 Å². The molecular formula is C13H14ClN3O. The van der Waals surface area contributed by atoms with Gasteiger partial charge >= 0.3 is 0 Å². The molecule has 1 heterocycles. The number of ether oxygens (including phenoxy) is 1. The van der Waals surface area contributed by atoms with Crippen LogP contribution >= 0.6 is 11.6 Å². The Morgan fingerprint density at radius 3 is 2.61 bits per heavy atom. The van der Waals surface area contributed by atoms with Crippen LogP contribution < -0.4 is 0 Å². The summed E-state index contributed by atoms with van der Waals surface area (Å²) in [6, 6.07) is 10.3. The van der Waals surface area contributed by atoms with Crippen molar-refractivity contribution in [2.45, 2.75) is 25.0 Å². The Morgan fingerprint density at radius 1 is 1.22 bits per heavy atom. The lowest BCUT2D eigenvalue weighted by atomic mass is 9.89. The number of halogens is 1. The number of benzene rings is 1. The molecule has 0 unspecified atom stereocenters. The second kappa shape index (κ2) is 4.71. The lowest BCUT2D eigenvalue weighted by molar-refractivity contribution is 0.00665. The van der Waals surface area contributed by atoms with E-state index in [1.165, 1.54) is 0 Å². The highest BCUT2D eigenvalue weighted by Crippen LogP contribution is 2.38. The van der Waals surface area contributed by atoms with E-state index in [0.717, 1.165) is 24.2 Å². The molecule has 0 bridgehead atoms. The molecule has 5 heteroatoms. The maximum Gasteiger partial charge on any atom is 0.225 e. The minimum absolute atomic E-state index is 0.331. The van der Waals surface area contributed by atoms with E-state index in [9.17, 15) is 0 Å². The molecule has 1 fully saturated rings. The van der Waals surface area contributed by atoms with Crippen molar-refractivity contribution in [2.75, 3.05) is 7.11 Å². The number of rotatable bonds is 3. The molecule has 0 amide bonds. The maximum absolute atomic E-state index is 6.14. The molecule has 1 aromatic heterocycles. The van der Waals surface area contributed by atoms with Crippen LogP contribution in [0.1, 0.15) is 18.9 Å². The van der Waals surface area contributed by atoms with Gasteiger partial charge in [0.15, 0.2) is 5.82 Å². The molecule has 1 saturated carbocycles. The van der Waals surface area contributed by atoms with Gasteiger partial charge in [0, 0.05) is 18.7 Å². The van der Waals surface area contributed by atoms with Crippen molar-refractivity contribution in [3.05, 3.63) is 35.6 Å². The van der Waals surface area contributed by atoms with Gasteiger partial charge in [-0.15, -0.1) is 10.2 Å². The summed E-state index contributed by atoms with van der Waals surface area (Å²) in [5.41, 5.74) is 1.04. The summed E-state index contributed by atoms with van der Waals surface area (Å²) in [6.45, 7) is 0. The maximum atomic E-state index is 6.14. The Kier molecular flexibility index (Phi) is 3.06. The quantitative estimate of drug-likeness (QED) is 0.855. The minimum atomic E-state index is 0.331. The van der Waals surface area contributed by atoms with Crippen molar-refractivity contribution in [2.24, 2.45) is 0 Å². The first-order chi connectivity index (χ1) is 8.79. The molecule has 94 valence electrons. The van der Waals surface area contributed by atoms with Gasteiger partial charge in [-0.05, 0) is 24.4 Å². The zero-order valence-electron chi connectivity index (χ0n) is 10.1. The Balaban J connectivity index is 1.93. The van der Waals surface area contributed by atoms with Gasteiger partial charge in [-0.3, -0.25) is 4.57 Å². The van der Waals surface area contributed by atoms with Crippen LogP contribution in [0.3, 0.4) is 0 Å². The van der Waals surface area contributed by atoms with Crippen LogP contribution in [0.2, 0.25) is 5.28 Å². The van der Waals surface area contributed by atoms with Crippen molar-refractivity contribution in [3.8, 4) is 11.4 Å². The van der Waals surface area contributed by atoms with Gasteiger partial charge in [-0.1, -0.05) is 30.3 Å². The molecular weight excluding hydrogens is 250 g/mol. The molecule has 0 N–H and O–H groups in total. The van der Waals surface area contributed by atoms with Crippen LogP contribution in [0.4, 0.5) is 0 Å². The van der Waals surface area contributed by atoms with E-state index in [0.29, 0.717) is 17.4 Å². The molecule has 18 heavy (non-hydrogen) atoms. The van der Waals surface area contributed by atoms with Crippen molar-refractivity contribution >= 4 is 11.6 Å². The van der Waals surface area contributed by atoms with Crippen LogP contribution in [-0.2, 0) is 4.74 Å². The molecule has 1 aliphatic carbocycles. The largest absolute Gasteiger partial charge is 0.381 e. The third kappa shape index (κ3) is 1.91. The number of nitrogens with zero attached hydrogens (tertiary/aromatic N) is 3. The van der Waals surface area contributed by atoms with E-state index in [4.69, 9.17) is 16.3 Å². The van der Waals surface area contributed by atoms with Gasteiger partial charge in [0.2, 0.25) is 5.28 Å². The van der Waals surface area contributed by atoms with Gasteiger partial charge in [0.25, 0.3) is 0 Å². The zero-order valence-corrected chi connectivity index (χ0v) is 10.8. The monoisotopic (exact) mass is 263 g/mol. The average Bonchev–Trinajstić information content (AvgIpc) is 2.72. The summed E-state index contributed by atoms with van der Waals surface area (Å²) in [4.78, 5) is 0. The standard InChI is InChI=1S/C13H14ClN3O/c1-18-11-7-10(8-11)17-12(15-16-13(17)14)9-5-3-2-4-6-9/h2-6,10-11H,7-8H2,1H3. The van der Waals surface area contributed by atoms with Crippen molar-refractivity contribution in [1.29, 1.82) is 0 Å². The van der Waals surface area contributed by atoms with Crippen LogP contribution in [0.15, 0.2) is 30.3 Å². The molecule has 1 aliphatic rings. The SMILES string of the molecule is COC1CC(n2c(Cl)nnc2-c2ccccc2)C1. The Hall–Kier alpha value is -1.39. The average molecular weight is 264 g/mol. The topological polar surface area (TPSA) is 39.9 Å². The molecule has 0 saturated heterocycles. The van der Waals surface area contributed by atoms with Crippen molar-refractivity contribution < 1.29 is 4.74 Å². The van der Waals surface area contributed by atoms with E-state index in [2.05, 4.69) is 10.2 Å². The third-order valence-electron chi connectivity index (χ3n) is 3.45. The third-order valence-corrected chi connectivity index (χ3v) is 3.71. The van der Waals surface area contributed by atoms with E-state index in [1.54, 1.807) is 7.11 Å². The second-order valence-corrected chi connectivity index (χ2v) is 4.85. The number of methoxy groups -OCH3 is 1. The Bertz CT molecular complexity index is 534. The summed E-state index contributed by atoms with van der Waals surface area (Å²) in [7, 11) is 1.74. The molecule has 4 nitrogen and oxygen atoms in total. The van der Waals surface area contributed by atoms with Gasteiger partial charge < -0.3 is 4.74 Å². The highest BCUT2D eigenvalue weighted by atomic mass is 35.5. The van der Waals surface area contributed by atoms with Crippen LogP contribution in [0.5, 0.6) is 0 Å². The fourth-order valence-electron chi connectivity index (χ4n) is 2.32. The van der Waals surface area contributed by atoms with Crippen LogP contribution in [0.25, 0.3) is 11.4 Å². The normalized spacial score (nSPS) is 22.8. The fourth-order valence-corrected chi connectivity index (χ4v) is 2.58. The molecule has 0 radical (unpaired) electrons. The van der Waals surface area contributed by atoms with Crippen molar-refractivity contribution in [1.82, 2.24) is 14.8 Å². The molecule has 2 aromatic rings. The molecule has 0 spiro atoms. The zero-order chi connectivity index (χ0) is 12.5. The molecule has 3 rings (SSSR count). The molecule has 0 aliphatic heterocycles.